The molecule has 0 saturated carbocycles. The van der Waals surface area contributed by atoms with Gasteiger partial charge in [0, 0.05) is 32.6 Å². The number of likely N-dealkylation sites (tertiary alicyclic amines) is 1. The monoisotopic (exact) mass is 236 g/mol. The average Bonchev–Trinajstić information content (AvgIpc) is 2.31. The first-order valence-electron chi connectivity index (χ1n) is 5.87. The van der Waals surface area contributed by atoms with Crippen molar-refractivity contribution in [3.05, 3.63) is 35.6 Å². The van der Waals surface area contributed by atoms with E-state index in [0.717, 1.165) is 18.5 Å². The van der Waals surface area contributed by atoms with Crippen LogP contribution in [-0.4, -0.2) is 30.4 Å². The van der Waals surface area contributed by atoms with E-state index < -0.39 is 0 Å². The van der Waals surface area contributed by atoms with Crippen molar-refractivity contribution in [3.8, 4) is 0 Å². The number of hydrogen-bond acceptors (Lipinski definition) is 2. The van der Waals surface area contributed by atoms with Gasteiger partial charge >= 0.3 is 0 Å². The Kier molecular flexibility index (Phi) is 3.74. The molecule has 0 aliphatic carbocycles. The topological polar surface area (TPSA) is 32.3 Å². The number of carbonyl (C=O) groups is 1. The van der Waals surface area contributed by atoms with Crippen LogP contribution in [0.4, 0.5) is 4.39 Å². The molecule has 1 saturated heterocycles. The van der Waals surface area contributed by atoms with Gasteiger partial charge in [0.25, 0.3) is 0 Å². The molecule has 1 aliphatic heterocycles. The van der Waals surface area contributed by atoms with E-state index in [-0.39, 0.29) is 11.7 Å². The molecule has 3 nitrogen and oxygen atoms in total. The van der Waals surface area contributed by atoms with E-state index in [0.29, 0.717) is 19.0 Å². The molecule has 2 rings (SSSR count). The Morgan fingerprint density at radius 2 is 2.35 bits per heavy atom. The highest BCUT2D eigenvalue weighted by atomic mass is 19.1. The van der Waals surface area contributed by atoms with Crippen LogP contribution in [0.25, 0.3) is 0 Å². The van der Waals surface area contributed by atoms with Gasteiger partial charge in [-0.05, 0) is 24.1 Å². The summed E-state index contributed by atoms with van der Waals surface area (Å²) in [6.45, 7) is 1.37. The lowest BCUT2D eigenvalue weighted by Gasteiger charge is -2.30. The van der Waals surface area contributed by atoms with Gasteiger partial charge in [0.2, 0.25) is 5.91 Å². The molecular weight excluding hydrogens is 219 g/mol. The van der Waals surface area contributed by atoms with Gasteiger partial charge in [-0.1, -0.05) is 12.1 Å². The van der Waals surface area contributed by atoms with Crippen molar-refractivity contribution in [1.82, 2.24) is 10.2 Å². The molecule has 1 unspecified atom stereocenters. The molecule has 1 fully saturated rings. The molecule has 0 aromatic heterocycles. The molecule has 1 aromatic rings. The maximum absolute atomic E-state index is 13.0. The highest BCUT2D eigenvalue weighted by Crippen LogP contribution is 2.11. The zero-order chi connectivity index (χ0) is 12.3. The fourth-order valence-electron chi connectivity index (χ4n) is 2.09. The highest BCUT2D eigenvalue weighted by molar-refractivity contribution is 5.76. The van der Waals surface area contributed by atoms with Crippen LogP contribution in [0.3, 0.4) is 0 Å². The summed E-state index contributed by atoms with van der Waals surface area (Å²) in [4.78, 5) is 13.0. The Balaban J connectivity index is 1.84. The van der Waals surface area contributed by atoms with Crippen molar-refractivity contribution in [1.29, 1.82) is 0 Å². The first kappa shape index (κ1) is 12.0. The lowest BCUT2D eigenvalue weighted by molar-refractivity contribution is -0.132. The minimum atomic E-state index is -0.208. The second-order valence-corrected chi connectivity index (χ2v) is 4.52. The van der Waals surface area contributed by atoms with Gasteiger partial charge in [-0.25, -0.2) is 4.39 Å². The molecule has 1 heterocycles. The van der Waals surface area contributed by atoms with E-state index in [1.807, 2.05) is 13.1 Å². The second kappa shape index (κ2) is 5.27. The molecule has 1 aliphatic rings. The maximum Gasteiger partial charge on any atom is 0.222 e. The molecule has 1 N–H and O–H groups in total. The fourth-order valence-corrected chi connectivity index (χ4v) is 2.09. The van der Waals surface area contributed by atoms with Crippen LogP contribution >= 0.6 is 0 Å². The lowest BCUT2D eigenvalue weighted by Crippen LogP contribution is -2.46. The summed E-state index contributed by atoms with van der Waals surface area (Å²) in [5.41, 5.74) is 0.935. The molecule has 0 bridgehead atoms. The first-order chi connectivity index (χ1) is 8.15. The Bertz CT molecular complexity index is 408. The Morgan fingerprint density at radius 3 is 3.06 bits per heavy atom. The minimum absolute atomic E-state index is 0.203. The molecule has 0 spiro atoms. The number of nitrogens with zero attached hydrogens (tertiary/aromatic N) is 1. The number of hydrogen-bond donors (Lipinski definition) is 1. The number of benzene rings is 1. The van der Waals surface area contributed by atoms with Gasteiger partial charge in [0.05, 0.1) is 0 Å². The van der Waals surface area contributed by atoms with Crippen molar-refractivity contribution in [2.75, 3.05) is 13.6 Å². The number of nitrogens with one attached hydrogen (secondary N) is 1. The Morgan fingerprint density at radius 1 is 1.53 bits per heavy atom. The van der Waals surface area contributed by atoms with Crippen LogP contribution in [0.1, 0.15) is 18.4 Å². The van der Waals surface area contributed by atoms with Gasteiger partial charge in [0.15, 0.2) is 0 Å². The van der Waals surface area contributed by atoms with Crippen molar-refractivity contribution < 1.29 is 9.18 Å². The summed E-state index contributed by atoms with van der Waals surface area (Å²) in [6.07, 6.45) is 1.45. The summed E-state index contributed by atoms with van der Waals surface area (Å²) in [7, 11) is 1.82. The predicted molar refractivity (Wildman–Crippen MR) is 63.9 cm³/mol. The summed E-state index contributed by atoms with van der Waals surface area (Å²) in [5.74, 6) is -0.00551. The molecule has 1 aromatic carbocycles. The molecule has 17 heavy (non-hydrogen) atoms. The number of likely N-dealkylation sites (N-methyl/N-ethyl adjacent to an activating group) is 1. The molecule has 0 radical (unpaired) electrons. The quantitative estimate of drug-likeness (QED) is 0.863. The molecule has 1 amide bonds. The summed E-state index contributed by atoms with van der Waals surface area (Å²) in [6, 6.07) is 6.89. The highest BCUT2D eigenvalue weighted by Gasteiger charge is 2.21. The van der Waals surface area contributed by atoms with Crippen LogP contribution < -0.4 is 5.32 Å². The number of piperidine rings is 1. The third kappa shape index (κ3) is 3.27. The average molecular weight is 236 g/mol. The van der Waals surface area contributed by atoms with Gasteiger partial charge in [0.1, 0.15) is 5.82 Å². The van der Waals surface area contributed by atoms with E-state index in [1.54, 1.807) is 11.0 Å². The number of halogens is 1. The predicted octanol–water partition coefficient (Wildman–Crippen LogP) is 1.54. The van der Waals surface area contributed by atoms with Gasteiger partial charge in [-0.15, -0.1) is 0 Å². The lowest BCUT2D eigenvalue weighted by atomic mass is 10.1. The minimum Gasteiger partial charge on any atom is -0.344 e. The van der Waals surface area contributed by atoms with Crippen LogP contribution in [0.5, 0.6) is 0 Å². The third-order valence-electron chi connectivity index (χ3n) is 3.11. The van der Waals surface area contributed by atoms with Crippen LogP contribution in [0.2, 0.25) is 0 Å². The van der Waals surface area contributed by atoms with E-state index in [4.69, 9.17) is 0 Å². The summed E-state index contributed by atoms with van der Waals surface area (Å²) >= 11 is 0. The largest absolute Gasteiger partial charge is 0.344 e. The van der Waals surface area contributed by atoms with Crippen molar-refractivity contribution >= 4 is 5.91 Å². The molecule has 1 atom stereocenters. The van der Waals surface area contributed by atoms with Gasteiger partial charge in [-0.3, -0.25) is 4.79 Å². The normalized spacial score (nSPS) is 20.7. The van der Waals surface area contributed by atoms with Crippen LogP contribution in [0, 0.1) is 5.82 Å². The fraction of sp³-hybridized carbons (Fsp3) is 0.462. The van der Waals surface area contributed by atoms with Crippen LogP contribution in [-0.2, 0) is 11.3 Å². The smallest absolute Gasteiger partial charge is 0.222 e. The second-order valence-electron chi connectivity index (χ2n) is 4.52. The van der Waals surface area contributed by atoms with Crippen molar-refractivity contribution in [2.24, 2.45) is 0 Å². The summed E-state index contributed by atoms with van der Waals surface area (Å²) in [5, 5.41) is 3.36. The van der Waals surface area contributed by atoms with E-state index in [2.05, 4.69) is 5.32 Å². The van der Waals surface area contributed by atoms with E-state index in [1.165, 1.54) is 12.1 Å². The Labute approximate surface area is 101 Å². The maximum atomic E-state index is 13.0. The zero-order valence-corrected chi connectivity index (χ0v) is 9.95. The Hall–Kier alpha value is -1.42. The van der Waals surface area contributed by atoms with Gasteiger partial charge < -0.3 is 10.2 Å². The SMILES string of the molecule is CN1CC(NCc2cccc(F)c2)CCC1=O. The van der Waals surface area contributed by atoms with Gasteiger partial charge in [-0.2, -0.15) is 0 Å². The van der Waals surface area contributed by atoms with Crippen LogP contribution in [0.15, 0.2) is 24.3 Å². The number of amides is 1. The van der Waals surface area contributed by atoms with E-state index >= 15 is 0 Å². The van der Waals surface area contributed by atoms with Crippen molar-refractivity contribution in [3.63, 3.8) is 0 Å². The molecule has 4 heteroatoms. The zero-order valence-electron chi connectivity index (χ0n) is 9.95. The molecular formula is C13H17FN2O. The van der Waals surface area contributed by atoms with Crippen molar-refractivity contribution in [2.45, 2.75) is 25.4 Å². The van der Waals surface area contributed by atoms with E-state index in [9.17, 15) is 9.18 Å². The third-order valence-corrected chi connectivity index (χ3v) is 3.11. The molecule has 92 valence electrons. The number of carbonyl (C=O) groups excluding carboxylic acids is 1. The summed E-state index contributed by atoms with van der Waals surface area (Å²) < 4.78 is 13.0. The first-order valence-corrected chi connectivity index (χ1v) is 5.87. The number of rotatable bonds is 3. The standard InChI is InChI=1S/C13H17FN2O/c1-16-9-12(5-6-13(16)17)15-8-10-3-2-4-11(14)7-10/h2-4,7,12,15H,5-6,8-9H2,1H3.